The molecule has 1 aliphatic heterocycles. The minimum atomic E-state index is 0.917. The lowest BCUT2D eigenvalue weighted by Crippen LogP contribution is -2.25. The van der Waals surface area contributed by atoms with Gasteiger partial charge in [0.05, 0.1) is 6.54 Å². The molecular formula is C18H20N2. The first-order chi connectivity index (χ1) is 9.90. The van der Waals surface area contributed by atoms with Crippen molar-refractivity contribution in [2.45, 2.75) is 13.0 Å². The van der Waals surface area contributed by atoms with Crippen molar-refractivity contribution in [3.63, 3.8) is 0 Å². The lowest BCUT2D eigenvalue weighted by Gasteiger charge is -2.25. The monoisotopic (exact) mass is 264 g/mol. The molecule has 2 nitrogen and oxygen atoms in total. The molecule has 0 bridgehead atoms. The Morgan fingerprint density at radius 1 is 0.900 bits per heavy atom. The molecule has 1 heterocycles. The smallest absolute Gasteiger partial charge is 0.0613 e. The maximum absolute atomic E-state index is 4.29. The highest BCUT2D eigenvalue weighted by atomic mass is 15.4. The lowest BCUT2D eigenvalue weighted by molar-refractivity contribution is 0.269. The van der Waals surface area contributed by atoms with E-state index in [9.17, 15) is 0 Å². The van der Waals surface area contributed by atoms with E-state index in [1.165, 1.54) is 11.1 Å². The number of hydrogen-bond acceptors (Lipinski definition) is 2. The summed E-state index contributed by atoms with van der Waals surface area (Å²) in [4.78, 5) is 0. The van der Waals surface area contributed by atoms with Gasteiger partial charge in [0.1, 0.15) is 0 Å². The van der Waals surface area contributed by atoms with Crippen LogP contribution in [0.3, 0.4) is 0 Å². The second kappa shape index (κ2) is 7.95. The summed E-state index contributed by atoms with van der Waals surface area (Å²) in [7, 11) is 0. The quantitative estimate of drug-likeness (QED) is 0.751. The first-order valence-electron chi connectivity index (χ1n) is 6.87. The van der Waals surface area contributed by atoms with Crippen LogP contribution in [0.25, 0.3) is 0 Å². The second-order valence-electron chi connectivity index (χ2n) is 4.56. The molecule has 102 valence electrons. The third-order valence-corrected chi connectivity index (χ3v) is 3.11. The van der Waals surface area contributed by atoms with Crippen molar-refractivity contribution >= 4 is 6.21 Å². The Morgan fingerprint density at radius 2 is 1.50 bits per heavy atom. The van der Waals surface area contributed by atoms with E-state index in [2.05, 4.69) is 41.0 Å². The van der Waals surface area contributed by atoms with E-state index in [1.807, 2.05) is 36.4 Å². The number of fused-ring (bicyclic) bond motifs is 1. The van der Waals surface area contributed by atoms with Crippen molar-refractivity contribution in [1.82, 2.24) is 5.01 Å². The molecule has 2 aromatic carbocycles. The van der Waals surface area contributed by atoms with Crippen LogP contribution in [-0.4, -0.2) is 17.8 Å². The first-order valence-corrected chi connectivity index (χ1v) is 6.87. The van der Waals surface area contributed by atoms with E-state index in [0.29, 0.717) is 0 Å². The van der Waals surface area contributed by atoms with E-state index in [0.717, 1.165) is 19.5 Å². The normalized spacial score (nSPS) is 13.3. The maximum atomic E-state index is 4.29. The van der Waals surface area contributed by atoms with Crippen molar-refractivity contribution < 1.29 is 0 Å². The Balaban J connectivity index is 0.000000205. The van der Waals surface area contributed by atoms with E-state index >= 15 is 0 Å². The van der Waals surface area contributed by atoms with Crippen LogP contribution in [0, 0.1) is 0 Å². The van der Waals surface area contributed by atoms with Crippen LogP contribution in [0.15, 0.2) is 78.4 Å². The number of benzene rings is 2. The Morgan fingerprint density at radius 3 is 2.10 bits per heavy atom. The van der Waals surface area contributed by atoms with E-state index in [4.69, 9.17) is 0 Å². The molecule has 0 N–H and O–H groups in total. The van der Waals surface area contributed by atoms with Crippen LogP contribution in [0.5, 0.6) is 0 Å². The van der Waals surface area contributed by atoms with Gasteiger partial charge in [0.2, 0.25) is 0 Å². The number of nitrogens with zero attached hydrogens (tertiary/aromatic N) is 2. The molecule has 0 aliphatic carbocycles. The molecule has 0 saturated heterocycles. The average Bonchev–Trinajstić information content (AvgIpc) is 2.55. The largest absolute Gasteiger partial charge is 0.292 e. The van der Waals surface area contributed by atoms with Crippen LogP contribution >= 0.6 is 0 Å². The average molecular weight is 264 g/mol. The third-order valence-electron chi connectivity index (χ3n) is 3.11. The van der Waals surface area contributed by atoms with Crippen molar-refractivity contribution in [2.75, 3.05) is 6.54 Å². The summed E-state index contributed by atoms with van der Waals surface area (Å²) in [5.74, 6) is 0. The Kier molecular flexibility index (Phi) is 5.59. The molecule has 20 heavy (non-hydrogen) atoms. The molecule has 0 spiro atoms. The van der Waals surface area contributed by atoms with Gasteiger partial charge in [0.15, 0.2) is 0 Å². The zero-order chi connectivity index (χ0) is 14.0. The van der Waals surface area contributed by atoms with Crippen LogP contribution < -0.4 is 0 Å². The lowest BCUT2D eigenvalue weighted by atomic mass is 10.0. The summed E-state index contributed by atoms with van der Waals surface area (Å²) in [6.07, 6.45) is 4.54. The fourth-order valence-corrected chi connectivity index (χ4v) is 2.11. The molecule has 0 aromatic heterocycles. The van der Waals surface area contributed by atoms with Crippen molar-refractivity contribution in [3.05, 3.63) is 84.4 Å². The predicted molar refractivity (Wildman–Crippen MR) is 85.7 cm³/mol. The highest BCUT2D eigenvalue weighted by Gasteiger charge is 2.12. The Hall–Kier alpha value is -2.35. The van der Waals surface area contributed by atoms with Gasteiger partial charge in [-0.15, -0.1) is 0 Å². The number of hydrogen-bond donors (Lipinski definition) is 0. The molecule has 0 fully saturated rings. The Bertz CT molecular complexity index is 520. The molecule has 1 aliphatic rings. The SMILES string of the molecule is C=C/C=N/N1CCc2ccccc2C1.c1ccccc1. The highest BCUT2D eigenvalue weighted by molar-refractivity contribution is 5.69. The van der Waals surface area contributed by atoms with Gasteiger partial charge >= 0.3 is 0 Å². The standard InChI is InChI=1S/C12H14N2.C6H6/c1-2-8-13-14-9-7-11-5-3-4-6-12(11)10-14;1-2-4-6-5-3-1/h2-6,8H,1,7,9-10H2;1-6H/b13-8+;. The molecule has 0 unspecified atom stereocenters. The van der Waals surface area contributed by atoms with E-state index < -0.39 is 0 Å². The predicted octanol–water partition coefficient (Wildman–Crippen LogP) is 3.90. The Labute approximate surface area is 121 Å². The van der Waals surface area contributed by atoms with Gasteiger partial charge in [-0.05, 0) is 23.6 Å². The van der Waals surface area contributed by atoms with Crippen molar-refractivity contribution in [1.29, 1.82) is 0 Å². The third kappa shape index (κ3) is 4.39. The molecule has 3 rings (SSSR count). The summed E-state index contributed by atoms with van der Waals surface area (Å²) in [6, 6.07) is 20.6. The van der Waals surface area contributed by atoms with Gasteiger partial charge in [-0.25, -0.2) is 0 Å². The molecular weight excluding hydrogens is 244 g/mol. The molecule has 0 radical (unpaired) electrons. The van der Waals surface area contributed by atoms with Gasteiger partial charge in [-0.3, -0.25) is 5.01 Å². The molecule has 0 atom stereocenters. The van der Waals surface area contributed by atoms with Gasteiger partial charge in [0, 0.05) is 12.8 Å². The summed E-state index contributed by atoms with van der Waals surface area (Å²) < 4.78 is 0. The molecule has 0 amide bonds. The minimum absolute atomic E-state index is 0.917. The molecule has 0 saturated carbocycles. The number of hydrazone groups is 1. The molecule has 2 aromatic rings. The summed E-state index contributed by atoms with van der Waals surface area (Å²) >= 11 is 0. The first kappa shape index (κ1) is 14.1. The van der Waals surface area contributed by atoms with Gasteiger partial charge < -0.3 is 0 Å². The fraction of sp³-hybridized carbons (Fsp3) is 0.167. The highest BCUT2D eigenvalue weighted by Crippen LogP contribution is 2.18. The summed E-state index contributed by atoms with van der Waals surface area (Å²) in [5, 5.41) is 6.36. The topological polar surface area (TPSA) is 15.6 Å². The fourth-order valence-electron chi connectivity index (χ4n) is 2.11. The number of rotatable bonds is 2. The van der Waals surface area contributed by atoms with Crippen LogP contribution in [0.4, 0.5) is 0 Å². The second-order valence-corrected chi connectivity index (χ2v) is 4.56. The van der Waals surface area contributed by atoms with Crippen LogP contribution in [0.2, 0.25) is 0 Å². The zero-order valence-corrected chi connectivity index (χ0v) is 11.7. The minimum Gasteiger partial charge on any atom is -0.292 e. The van der Waals surface area contributed by atoms with Crippen molar-refractivity contribution in [2.24, 2.45) is 5.10 Å². The van der Waals surface area contributed by atoms with Gasteiger partial charge in [-0.2, -0.15) is 5.10 Å². The van der Waals surface area contributed by atoms with E-state index in [1.54, 1.807) is 12.3 Å². The molecule has 2 heteroatoms. The van der Waals surface area contributed by atoms with Crippen LogP contribution in [-0.2, 0) is 13.0 Å². The summed E-state index contributed by atoms with van der Waals surface area (Å²) in [5.41, 5.74) is 2.84. The van der Waals surface area contributed by atoms with Crippen LogP contribution in [0.1, 0.15) is 11.1 Å². The van der Waals surface area contributed by atoms with Crippen molar-refractivity contribution in [3.8, 4) is 0 Å². The zero-order valence-electron chi connectivity index (χ0n) is 11.7. The number of allylic oxidation sites excluding steroid dienone is 1. The van der Waals surface area contributed by atoms with Gasteiger partial charge in [0.25, 0.3) is 0 Å². The summed E-state index contributed by atoms with van der Waals surface area (Å²) in [6.45, 7) is 5.53. The maximum Gasteiger partial charge on any atom is 0.0613 e. The van der Waals surface area contributed by atoms with E-state index in [-0.39, 0.29) is 0 Å². The van der Waals surface area contributed by atoms with Gasteiger partial charge in [-0.1, -0.05) is 67.2 Å².